The molecule has 1 aromatic carbocycles. The Bertz CT molecular complexity index is 944. The Morgan fingerprint density at radius 3 is 2.52 bits per heavy atom. The second-order valence-corrected chi connectivity index (χ2v) is 7.90. The van der Waals surface area contributed by atoms with E-state index < -0.39 is 0 Å². The summed E-state index contributed by atoms with van der Waals surface area (Å²) >= 11 is 3.32. The molecule has 3 heterocycles. The van der Waals surface area contributed by atoms with Crippen LogP contribution in [0.15, 0.2) is 41.3 Å². The minimum absolute atomic E-state index is 0.0446. The third-order valence-corrected chi connectivity index (χ3v) is 5.70. The van der Waals surface area contributed by atoms with Crippen LogP contribution >= 0.6 is 15.9 Å². The summed E-state index contributed by atoms with van der Waals surface area (Å²) in [6, 6.07) is 5.07. The summed E-state index contributed by atoms with van der Waals surface area (Å²) in [7, 11) is 0. The minimum Gasteiger partial charge on any atom is -0.352 e. The monoisotopic (exact) mass is 457 g/mol. The van der Waals surface area contributed by atoms with Crippen LogP contribution in [0, 0.1) is 0 Å². The number of benzene rings is 1. The molecule has 1 fully saturated rings. The van der Waals surface area contributed by atoms with Gasteiger partial charge in [0.25, 0.3) is 11.8 Å². The molecular weight excluding hydrogens is 438 g/mol. The van der Waals surface area contributed by atoms with Crippen LogP contribution in [0.4, 0.5) is 5.82 Å². The number of fused-ring (bicyclic) bond motifs is 1. The predicted molar refractivity (Wildman–Crippen MR) is 110 cm³/mol. The Morgan fingerprint density at radius 1 is 1.03 bits per heavy atom. The molecule has 0 N–H and O–H groups in total. The number of nitrogens with zero attached hydrogens (tertiary/aromatic N) is 5. The van der Waals surface area contributed by atoms with E-state index >= 15 is 0 Å². The van der Waals surface area contributed by atoms with Gasteiger partial charge in [0.05, 0.1) is 17.3 Å². The molecule has 3 amide bonds. The molecular formula is C20H20BrN5O3. The van der Waals surface area contributed by atoms with Crippen molar-refractivity contribution in [2.45, 2.75) is 12.8 Å². The molecule has 0 unspecified atom stereocenters. The summed E-state index contributed by atoms with van der Waals surface area (Å²) in [6.45, 7) is 2.90. The van der Waals surface area contributed by atoms with E-state index in [-0.39, 0.29) is 24.3 Å². The van der Waals surface area contributed by atoms with Gasteiger partial charge in [-0.2, -0.15) is 0 Å². The number of carbonyl (C=O) groups excluding carboxylic acids is 3. The SMILES string of the molecule is O=C(CCCN1C(=O)c2ccc(Br)cc2C1=O)N1CCN(c2cnccn2)CC1. The Morgan fingerprint density at radius 2 is 1.79 bits per heavy atom. The number of aromatic nitrogens is 2. The van der Waals surface area contributed by atoms with Crippen molar-refractivity contribution < 1.29 is 14.4 Å². The Labute approximate surface area is 176 Å². The van der Waals surface area contributed by atoms with Gasteiger partial charge >= 0.3 is 0 Å². The number of hydrogen-bond acceptors (Lipinski definition) is 6. The first-order valence-corrected chi connectivity index (χ1v) is 10.3. The molecule has 2 aliphatic rings. The van der Waals surface area contributed by atoms with Crippen LogP contribution < -0.4 is 4.90 Å². The van der Waals surface area contributed by atoms with Crippen LogP contribution in [-0.2, 0) is 4.79 Å². The second kappa shape index (κ2) is 8.28. The van der Waals surface area contributed by atoms with Gasteiger partial charge in [-0.15, -0.1) is 0 Å². The molecule has 9 heteroatoms. The predicted octanol–water partition coefficient (Wildman–Crippen LogP) is 1.96. The Hall–Kier alpha value is -2.81. The van der Waals surface area contributed by atoms with E-state index in [1.807, 2.05) is 4.90 Å². The molecule has 150 valence electrons. The zero-order chi connectivity index (χ0) is 20.4. The largest absolute Gasteiger partial charge is 0.352 e. The fourth-order valence-corrected chi connectivity index (χ4v) is 4.01. The molecule has 1 aromatic heterocycles. The van der Waals surface area contributed by atoms with E-state index in [1.54, 1.807) is 36.8 Å². The molecule has 4 rings (SSSR count). The van der Waals surface area contributed by atoms with Crippen molar-refractivity contribution in [3.05, 3.63) is 52.4 Å². The molecule has 2 aromatic rings. The van der Waals surface area contributed by atoms with Crippen molar-refractivity contribution in [2.24, 2.45) is 0 Å². The van der Waals surface area contributed by atoms with Crippen molar-refractivity contribution in [1.82, 2.24) is 19.8 Å². The molecule has 8 nitrogen and oxygen atoms in total. The average Bonchev–Trinajstić information content (AvgIpc) is 2.98. The highest BCUT2D eigenvalue weighted by Gasteiger charge is 2.35. The van der Waals surface area contributed by atoms with Crippen LogP contribution in [-0.4, -0.2) is 70.2 Å². The maximum atomic E-state index is 12.5. The van der Waals surface area contributed by atoms with Gasteiger partial charge in [0, 0.05) is 56.0 Å². The summed E-state index contributed by atoms with van der Waals surface area (Å²) in [5, 5.41) is 0. The highest BCUT2D eigenvalue weighted by molar-refractivity contribution is 9.10. The topological polar surface area (TPSA) is 86.7 Å². The first kappa shape index (κ1) is 19.5. The highest BCUT2D eigenvalue weighted by atomic mass is 79.9. The van der Waals surface area contributed by atoms with Crippen molar-refractivity contribution in [3.63, 3.8) is 0 Å². The minimum atomic E-state index is -0.295. The number of imide groups is 1. The van der Waals surface area contributed by atoms with Crippen LogP contribution in [0.25, 0.3) is 0 Å². The van der Waals surface area contributed by atoms with E-state index in [0.29, 0.717) is 50.1 Å². The number of halogens is 1. The van der Waals surface area contributed by atoms with E-state index in [2.05, 4.69) is 30.8 Å². The van der Waals surface area contributed by atoms with Crippen LogP contribution in [0.2, 0.25) is 0 Å². The smallest absolute Gasteiger partial charge is 0.261 e. The van der Waals surface area contributed by atoms with E-state index in [9.17, 15) is 14.4 Å². The summed E-state index contributed by atoms with van der Waals surface area (Å²) in [6.07, 6.45) is 5.78. The molecule has 0 spiro atoms. The van der Waals surface area contributed by atoms with Crippen LogP contribution in [0.3, 0.4) is 0 Å². The number of anilines is 1. The molecule has 0 aliphatic carbocycles. The zero-order valence-electron chi connectivity index (χ0n) is 15.8. The maximum Gasteiger partial charge on any atom is 0.261 e. The van der Waals surface area contributed by atoms with Crippen molar-refractivity contribution in [3.8, 4) is 0 Å². The lowest BCUT2D eigenvalue weighted by atomic mass is 10.1. The number of hydrogen-bond donors (Lipinski definition) is 0. The molecule has 2 aliphatic heterocycles. The summed E-state index contributed by atoms with van der Waals surface area (Å²) in [4.78, 5) is 51.0. The van der Waals surface area contributed by atoms with E-state index in [0.717, 1.165) is 10.3 Å². The van der Waals surface area contributed by atoms with Gasteiger partial charge in [-0.3, -0.25) is 24.3 Å². The average molecular weight is 458 g/mol. The molecule has 0 saturated carbocycles. The third kappa shape index (κ3) is 4.00. The van der Waals surface area contributed by atoms with E-state index in [4.69, 9.17) is 0 Å². The van der Waals surface area contributed by atoms with E-state index in [1.165, 1.54) is 4.90 Å². The standard InChI is InChI=1S/C20H20BrN5O3/c21-14-3-4-15-16(12-14)20(29)26(19(15)28)7-1-2-18(27)25-10-8-24(9-11-25)17-13-22-5-6-23-17/h3-6,12-13H,1-2,7-11H2. The lowest BCUT2D eigenvalue weighted by molar-refractivity contribution is -0.131. The first-order valence-electron chi connectivity index (χ1n) is 9.49. The molecule has 1 saturated heterocycles. The van der Waals surface area contributed by atoms with Crippen LogP contribution in [0.1, 0.15) is 33.6 Å². The molecule has 0 radical (unpaired) electrons. The zero-order valence-corrected chi connectivity index (χ0v) is 17.3. The molecule has 0 bridgehead atoms. The number of rotatable bonds is 5. The quantitative estimate of drug-likeness (QED) is 0.637. The summed E-state index contributed by atoms with van der Waals surface area (Å²) < 4.78 is 0.759. The molecule has 29 heavy (non-hydrogen) atoms. The van der Waals surface area contributed by atoms with Gasteiger partial charge in [0.15, 0.2) is 0 Å². The first-order chi connectivity index (χ1) is 14.0. The van der Waals surface area contributed by atoms with Crippen molar-refractivity contribution >= 4 is 39.5 Å². The van der Waals surface area contributed by atoms with Gasteiger partial charge in [-0.1, -0.05) is 15.9 Å². The van der Waals surface area contributed by atoms with Crippen LogP contribution in [0.5, 0.6) is 0 Å². The number of amides is 3. The van der Waals surface area contributed by atoms with Gasteiger partial charge in [0.2, 0.25) is 5.91 Å². The fraction of sp³-hybridized carbons (Fsp3) is 0.350. The lowest BCUT2D eigenvalue weighted by Gasteiger charge is -2.35. The van der Waals surface area contributed by atoms with Crippen molar-refractivity contribution in [2.75, 3.05) is 37.6 Å². The Kier molecular flexibility index (Phi) is 5.57. The normalized spacial score (nSPS) is 16.4. The third-order valence-electron chi connectivity index (χ3n) is 5.21. The highest BCUT2D eigenvalue weighted by Crippen LogP contribution is 2.26. The van der Waals surface area contributed by atoms with Gasteiger partial charge in [0.1, 0.15) is 5.82 Å². The molecule has 0 atom stereocenters. The number of carbonyl (C=O) groups is 3. The summed E-state index contributed by atoms with van der Waals surface area (Å²) in [5.41, 5.74) is 0.834. The van der Waals surface area contributed by atoms with Gasteiger partial charge in [-0.25, -0.2) is 4.98 Å². The Balaban J connectivity index is 1.26. The van der Waals surface area contributed by atoms with Gasteiger partial charge in [-0.05, 0) is 24.6 Å². The number of piperazine rings is 1. The lowest BCUT2D eigenvalue weighted by Crippen LogP contribution is -2.49. The summed E-state index contributed by atoms with van der Waals surface area (Å²) in [5.74, 6) is 0.277. The second-order valence-electron chi connectivity index (χ2n) is 6.99. The van der Waals surface area contributed by atoms with Gasteiger partial charge < -0.3 is 9.80 Å². The van der Waals surface area contributed by atoms with Crippen molar-refractivity contribution in [1.29, 1.82) is 0 Å². The fourth-order valence-electron chi connectivity index (χ4n) is 3.65. The maximum absolute atomic E-state index is 12.5.